The lowest BCUT2D eigenvalue weighted by Gasteiger charge is -2.11. The zero-order valence-corrected chi connectivity index (χ0v) is 8.36. The molecule has 0 saturated heterocycles. The monoisotopic (exact) mass is 214 g/mol. The number of nitrogen functional groups attached to an aromatic ring is 2. The van der Waals surface area contributed by atoms with Gasteiger partial charge in [0.15, 0.2) is 0 Å². The number of fused-ring (bicyclic) bond motifs is 2. The Labute approximate surface area is 90.4 Å². The minimum absolute atomic E-state index is 0.00546. The lowest BCUT2D eigenvalue weighted by atomic mass is 9.98. The van der Waals surface area contributed by atoms with Crippen molar-refractivity contribution in [2.75, 3.05) is 11.5 Å². The van der Waals surface area contributed by atoms with Gasteiger partial charge >= 0.3 is 0 Å². The van der Waals surface area contributed by atoms with Crippen LogP contribution in [0.15, 0.2) is 24.3 Å². The Morgan fingerprint density at radius 3 is 2.38 bits per heavy atom. The molecule has 1 aliphatic carbocycles. The van der Waals surface area contributed by atoms with E-state index in [-0.39, 0.29) is 17.2 Å². The van der Waals surface area contributed by atoms with Crippen molar-refractivity contribution in [3.8, 4) is 11.5 Å². The van der Waals surface area contributed by atoms with Gasteiger partial charge in [0.1, 0.15) is 11.5 Å². The van der Waals surface area contributed by atoms with Crippen molar-refractivity contribution in [2.24, 2.45) is 0 Å². The number of hydrogen-bond donors (Lipinski definition) is 4. The maximum atomic E-state index is 9.82. The molecule has 0 unspecified atom stereocenters. The van der Waals surface area contributed by atoms with E-state index in [1.165, 1.54) is 6.07 Å². The normalized spacial score (nSPS) is 11.5. The van der Waals surface area contributed by atoms with Crippen molar-refractivity contribution < 1.29 is 10.2 Å². The molecule has 0 heterocycles. The second-order valence-corrected chi connectivity index (χ2v) is 3.85. The van der Waals surface area contributed by atoms with Gasteiger partial charge < -0.3 is 21.7 Å². The molecule has 4 heteroatoms. The van der Waals surface area contributed by atoms with E-state index in [1.807, 2.05) is 6.07 Å². The van der Waals surface area contributed by atoms with Gasteiger partial charge in [-0.05, 0) is 11.3 Å². The van der Waals surface area contributed by atoms with E-state index in [9.17, 15) is 10.2 Å². The fourth-order valence-corrected chi connectivity index (χ4v) is 2.19. The highest BCUT2D eigenvalue weighted by molar-refractivity contribution is 5.62. The molecule has 0 spiro atoms. The number of benzene rings is 2. The van der Waals surface area contributed by atoms with Crippen LogP contribution in [0.1, 0.15) is 0 Å². The highest BCUT2D eigenvalue weighted by Gasteiger charge is 2.14. The molecule has 0 amide bonds. The van der Waals surface area contributed by atoms with Crippen molar-refractivity contribution >= 4 is 11.4 Å². The Morgan fingerprint density at radius 2 is 1.62 bits per heavy atom. The zero-order valence-electron chi connectivity index (χ0n) is 8.36. The summed E-state index contributed by atoms with van der Waals surface area (Å²) in [6.07, 6.45) is 0. The van der Waals surface area contributed by atoms with Crippen LogP contribution in [0.3, 0.4) is 0 Å². The van der Waals surface area contributed by atoms with E-state index < -0.39 is 0 Å². The average molecular weight is 214 g/mol. The largest absolute Gasteiger partial charge is 0.507 e. The summed E-state index contributed by atoms with van der Waals surface area (Å²) in [6.45, 7) is 0. The topological polar surface area (TPSA) is 92.5 Å². The molecule has 3 rings (SSSR count). The lowest BCUT2D eigenvalue weighted by Crippen LogP contribution is -1.99. The smallest absolute Gasteiger partial charge is 0.147 e. The number of phenols is 2. The zero-order chi connectivity index (χ0) is 11.4. The first-order chi connectivity index (χ1) is 7.61. The summed E-state index contributed by atoms with van der Waals surface area (Å²) >= 11 is 0. The van der Waals surface area contributed by atoms with Gasteiger partial charge in [0, 0.05) is 27.4 Å². The number of hydrogen-bond acceptors (Lipinski definition) is 4. The van der Waals surface area contributed by atoms with Gasteiger partial charge in [-0.1, -0.05) is 12.1 Å². The van der Waals surface area contributed by atoms with Crippen LogP contribution >= 0.6 is 0 Å². The van der Waals surface area contributed by atoms with Crippen LogP contribution in [0.2, 0.25) is 0 Å². The van der Waals surface area contributed by atoms with Gasteiger partial charge in [-0.15, -0.1) is 0 Å². The molecule has 16 heavy (non-hydrogen) atoms. The van der Waals surface area contributed by atoms with Gasteiger partial charge in [-0.2, -0.15) is 0 Å². The van der Waals surface area contributed by atoms with Gasteiger partial charge in [-0.3, -0.25) is 0 Å². The number of phenolic OH excluding ortho intramolecular Hbond substituents is 2. The fraction of sp³-hybridized carbons (Fsp3) is 0. The quantitative estimate of drug-likeness (QED) is 0.256. The summed E-state index contributed by atoms with van der Waals surface area (Å²) in [7, 11) is 0. The lowest BCUT2D eigenvalue weighted by molar-refractivity contribution is 0.454. The third-order valence-corrected chi connectivity index (χ3v) is 2.92. The molecule has 0 atom stereocenters. The van der Waals surface area contributed by atoms with Crippen molar-refractivity contribution in [1.82, 2.24) is 0 Å². The predicted octanol–water partition coefficient (Wildman–Crippen LogP) is 1.15. The SMILES string of the molecule is Nc1cc(O)c2c(c1O)=c1cccc(N)c1=2. The molecular formula is C12H10N2O2. The highest BCUT2D eigenvalue weighted by atomic mass is 16.3. The second kappa shape index (κ2) is 2.61. The summed E-state index contributed by atoms with van der Waals surface area (Å²) in [5, 5.41) is 22.4. The Balaban J connectivity index is 2.72. The Morgan fingerprint density at radius 1 is 0.875 bits per heavy atom. The van der Waals surface area contributed by atoms with Gasteiger partial charge in [0.2, 0.25) is 0 Å². The summed E-state index contributed by atoms with van der Waals surface area (Å²) in [5.74, 6) is 0.0570. The number of aromatic hydroxyl groups is 2. The minimum atomic E-state index is 0.00546. The molecule has 6 N–H and O–H groups in total. The molecule has 2 aromatic carbocycles. The highest BCUT2D eigenvalue weighted by Crippen LogP contribution is 2.34. The van der Waals surface area contributed by atoms with E-state index in [0.29, 0.717) is 16.1 Å². The predicted molar refractivity (Wildman–Crippen MR) is 60.4 cm³/mol. The molecule has 0 fully saturated rings. The molecule has 2 aromatic rings. The second-order valence-electron chi connectivity index (χ2n) is 3.85. The summed E-state index contributed by atoms with van der Waals surface area (Å²) in [6, 6.07) is 6.74. The van der Waals surface area contributed by atoms with Crippen LogP contribution in [-0.4, -0.2) is 10.2 Å². The first-order valence-corrected chi connectivity index (χ1v) is 4.85. The maximum absolute atomic E-state index is 9.82. The molecule has 0 aromatic heterocycles. The van der Waals surface area contributed by atoms with Crippen LogP contribution in [0.5, 0.6) is 11.5 Å². The molecular weight excluding hydrogens is 204 g/mol. The first kappa shape index (κ1) is 8.91. The Bertz CT molecular complexity index is 797. The minimum Gasteiger partial charge on any atom is -0.507 e. The maximum Gasteiger partial charge on any atom is 0.147 e. The summed E-state index contributed by atoms with van der Waals surface area (Å²) in [5.41, 5.74) is 12.2. The van der Waals surface area contributed by atoms with E-state index >= 15 is 0 Å². The standard InChI is InChI=1S/C12H10N2O2/c13-6-3-1-2-5-9(6)11-8(15)4-7(14)12(16)10(5)11/h1-4,15-16H,13-14H2. The number of anilines is 2. The third kappa shape index (κ3) is 0.839. The first-order valence-electron chi connectivity index (χ1n) is 4.85. The summed E-state index contributed by atoms with van der Waals surface area (Å²) in [4.78, 5) is 0. The van der Waals surface area contributed by atoms with Gasteiger partial charge in [0.05, 0.1) is 5.69 Å². The molecule has 0 aliphatic heterocycles. The van der Waals surface area contributed by atoms with Crippen molar-refractivity contribution in [2.45, 2.75) is 0 Å². The van der Waals surface area contributed by atoms with E-state index in [2.05, 4.69) is 0 Å². The number of nitrogens with two attached hydrogens (primary N) is 2. The van der Waals surface area contributed by atoms with Crippen LogP contribution in [-0.2, 0) is 0 Å². The Kier molecular flexibility index (Phi) is 1.45. The van der Waals surface area contributed by atoms with Crippen LogP contribution in [0, 0.1) is 20.9 Å². The van der Waals surface area contributed by atoms with Crippen molar-refractivity contribution in [3.63, 3.8) is 0 Å². The van der Waals surface area contributed by atoms with Crippen LogP contribution in [0.4, 0.5) is 11.4 Å². The van der Waals surface area contributed by atoms with E-state index in [0.717, 1.165) is 10.4 Å². The van der Waals surface area contributed by atoms with Crippen LogP contribution in [0.25, 0.3) is 0 Å². The molecule has 80 valence electrons. The molecule has 0 radical (unpaired) electrons. The fourth-order valence-electron chi connectivity index (χ4n) is 2.19. The van der Waals surface area contributed by atoms with Crippen molar-refractivity contribution in [1.29, 1.82) is 0 Å². The molecule has 4 nitrogen and oxygen atoms in total. The average Bonchev–Trinajstić information content (AvgIpc) is 2.19. The molecule has 1 aliphatic rings. The number of rotatable bonds is 0. The van der Waals surface area contributed by atoms with Gasteiger partial charge in [-0.25, -0.2) is 0 Å². The van der Waals surface area contributed by atoms with Gasteiger partial charge in [0.25, 0.3) is 0 Å². The van der Waals surface area contributed by atoms with Crippen molar-refractivity contribution in [3.05, 3.63) is 45.1 Å². The van der Waals surface area contributed by atoms with E-state index in [1.54, 1.807) is 12.1 Å². The molecule has 0 saturated carbocycles. The van der Waals surface area contributed by atoms with E-state index in [4.69, 9.17) is 11.5 Å². The van der Waals surface area contributed by atoms with Crippen LogP contribution < -0.4 is 11.5 Å². The molecule has 0 bridgehead atoms. The third-order valence-electron chi connectivity index (χ3n) is 2.92. The summed E-state index contributed by atoms with van der Waals surface area (Å²) < 4.78 is 0. The Hall–Kier alpha value is -2.36.